The second-order valence-corrected chi connectivity index (χ2v) is 5.08. The number of rotatable bonds is 2. The summed E-state index contributed by atoms with van der Waals surface area (Å²) in [6, 6.07) is 7.33. The minimum atomic E-state index is -0.190. The Labute approximate surface area is 124 Å². The molecule has 20 heavy (non-hydrogen) atoms. The van der Waals surface area contributed by atoms with Crippen LogP contribution < -0.4 is 0 Å². The molecule has 1 aromatic rings. The first-order chi connectivity index (χ1) is 9.61. The van der Waals surface area contributed by atoms with E-state index in [0.717, 1.165) is 17.7 Å². The Bertz CT molecular complexity index is 581. The fourth-order valence-electron chi connectivity index (χ4n) is 2.03. The van der Waals surface area contributed by atoms with Crippen molar-refractivity contribution >= 4 is 23.2 Å². The van der Waals surface area contributed by atoms with Crippen molar-refractivity contribution < 1.29 is 4.79 Å². The fraction of sp³-hybridized carbons (Fsp3) is 0.375. The average molecular weight is 289 g/mol. The molecule has 0 saturated carbocycles. The van der Waals surface area contributed by atoms with Crippen LogP contribution in [-0.4, -0.2) is 22.7 Å². The van der Waals surface area contributed by atoms with Crippen molar-refractivity contribution in [3.05, 3.63) is 34.9 Å². The number of nitrogens with zero attached hydrogens (tertiary/aromatic N) is 2. The van der Waals surface area contributed by atoms with Crippen LogP contribution in [0.3, 0.4) is 0 Å². The Hall–Kier alpha value is -1.79. The first-order valence-electron chi connectivity index (χ1n) is 6.75. The highest BCUT2D eigenvalue weighted by atomic mass is 35.5. The van der Waals surface area contributed by atoms with Gasteiger partial charge in [-0.15, -0.1) is 5.92 Å². The van der Waals surface area contributed by atoms with E-state index in [4.69, 9.17) is 11.6 Å². The maximum absolute atomic E-state index is 12.0. The van der Waals surface area contributed by atoms with Crippen LogP contribution in [0.5, 0.6) is 0 Å². The molecule has 0 saturated heterocycles. The Morgan fingerprint density at radius 2 is 2.05 bits per heavy atom. The summed E-state index contributed by atoms with van der Waals surface area (Å²) in [5.41, 5.74) is 1.91. The lowest BCUT2D eigenvalue weighted by Crippen LogP contribution is -2.37. The van der Waals surface area contributed by atoms with Crippen molar-refractivity contribution in [1.29, 1.82) is 0 Å². The SMILES string of the molecule is CCC#CC(C)N1N=C(c2ccc(Cl)cc2)CCC1=O. The fourth-order valence-corrected chi connectivity index (χ4v) is 2.16. The lowest BCUT2D eigenvalue weighted by Gasteiger charge is -2.26. The summed E-state index contributed by atoms with van der Waals surface area (Å²) in [6.07, 6.45) is 1.91. The molecule has 0 bridgehead atoms. The van der Waals surface area contributed by atoms with Crippen molar-refractivity contribution in [3.8, 4) is 11.8 Å². The normalized spacial score (nSPS) is 16.2. The lowest BCUT2D eigenvalue weighted by molar-refractivity contribution is -0.132. The number of hydrazone groups is 1. The number of hydrogen-bond donors (Lipinski definition) is 0. The van der Waals surface area contributed by atoms with E-state index < -0.39 is 0 Å². The summed E-state index contributed by atoms with van der Waals surface area (Å²) in [5.74, 6) is 6.07. The molecule has 4 heteroatoms. The van der Waals surface area contributed by atoms with E-state index in [1.807, 2.05) is 38.1 Å². The van der Waals surface area contributed by atoms with Gasteiger partial charge in [0.05, 0.1) is 5.71 Å². The molecule has 3 nitrogen and oxygen atoms in total. The van der Waals surface area contributed by atoms with Crippen molar-refractivity contribution in [2.75, 3.05) is 0 Å². The molecule has 0 fully saturated rings. The monoisotopic (exact) mass is 288 g/mol. The summed E-state index contributed by atoms with van der Waals surface area (Å²) in [6.45, 7) is 3.88. The Morgan fingerprint density at radius 3 is 2.70 bits per heavy atom. The van der Waals surface area contributed by atoms with E-state index in [1.165, 1.54) is 5.01 Å². The van der Waals surface area contributed by atoms with E-state index >= 15 is 0 Å². The van der Waals surface area contributed by atoms with E-state index in [9.17, 15) is 4.79 Å². The van der Waals surface area contributed by atoms with Crippen LogP contribution in [0.15, 0.2) is 29.4 Å². The number of carbonyl (C=O) groups is 1. The van der Waals surface area contributed by atoms with Crippen LogP contribution in [0.4, 0.5) is 0 Å². The van der Waals surface area contributed by atoms with Crippen LogP contribution in [0.1, 0.15) is 38.7 Å². The summed E-state index contributed by atoms with van der Waals surface area (Å²) in [4.78, 5) is 12.0. The van der Waals surface area contributed by atoms with Crippen LogP contribution >= 0.6 is 11.6 Å². The summed E-state index contributed by atoms with van der Waals surface area (Å²) in [7, 11) is 0. The third kappa shape index (κ3) is 3.40. The third-order valence-electron chi connectivity index (χ3n) is 3.09. The topological polar surface area (TPSA) is 32.7 Å². The highest BCUT2D eigenvalue weighted by Gasteiger charge is 2.24. The number of carbonyl (C=O) groups excluding carboxylic acids is 1. The molecule has 1 aliphatic heterocycles. The molecule has 0 aliphatic carbocycles. The Kier molecular flexibility index (Phi) is 4.81. The average Bonchev–Trinajstić information content (AvgIpc) is 2.46. The summed E-state index contributed by atoms with van der Waals surface area (Å²) in [5, 5.41) is 6.66. The van der Waals surface area contributed by atoms with E-state index in [0.29, 0.717) is 17.9 Å². The zero-order valence-electron chi connectivity index (χ0n) is 11.7. The van der Waals surface area contributed by atoms with Crippen molar-refractivity contribution in [1.82, 2.24) is 5.01 Å². The standard InChI is InChI=1S/C16H17ClN2O/c1-3-4-5-12(2)19-16(20)11-10-15(18-19)13-6-8-14(17)9-7-13/h6-9,12H,3,10-11H2,1-2H3. The van der Waals surface area contributed by atoms with Gasteiger partial charge in [0.1, 0.15) is 6.04 Å². The quantitative estimate of drug-likeness (QED) is 0.767. The molecular weight excluding hydrogens is 272 g/mol. The van der Waals surface area contributed by atoms with Gasteiger partial charge in [0.15, 0.2) is 0 Å². The predicted octanol–water partition coefficient (Wildman–Crippen LogP) is 3.47. The van der Waals surface area contributed by atoms with Gasteiger partial charge in [0, 0.05) is 24.3 Å². The third-order valence-corrected chi connectivity index (χ3v) is 3.34. The first kappa shape index (κ1) is 14.6. The van der Waals surface area contributed by atoms with Crippen molar-refractivity contribution in [3.63, 3.8) is 0 Å². The molecule has 1 atom stereocenters. The largest absolute Gasteiger partial charge is 0.273 e. The molecule has 1 heterocycles. The van der Waals surface area contributed by atoms with Gasteiger partial charge in [-0.1, -0.05) is 36.6 Å². The predicted molar refractivity (Wildman–Crippen MR) is 81.6 cm³/mol. The second-order valence-electron chi connectivity index (χ2n) is 4.64. The highest BCUT2D eigenvalue weighted by molar-refractivity contribution is 6.30. The van der Waals surface area contributed by atoms with E-state index in [2.05, 4.69) is 16.9 Å². The number of hydrogen-bond acceptors (Lipinski definition) is 2. The highest BCUT2D eigenvalue weighted by Crippen LogP contribution is 2.18. The van der Waals surface area contributed by atoms with Crippen molar-refractivity contribution in [2.45, 2.75) is 39.2 Å². The minimum Gasteiger partial charge on any atom is -0.273 e. The molecule has 0 aromatic heterocycles. The molecule has 0 N–H and O–H groups in total. The minimum absolute atomic E-state index is 0.0283. The smallest absolute Gasteiger partial charge is 0.244 e. The van der Waals surface area contributed by atoms with Gasteiger partial charge >= 0.3 is 0 Å². The van der Waals surface area contributed by atoms with Gasteiger partial charge in [0.2, 0.25) is 5.91 Å². The summed E-state index contributed by atoms with van der Waals surface area (Å²) >= 11 is 5.89. The molecule has 0 radical (unpaired) electrons. The van der Waals surface area contributed by atoms with Gasteiger partial charge in [0.25, 0.3) is 0 Å². The van der Waals surface area contributed by atoms with Crippen LogP contribution in [-0.2, 0) is 4.79 Å². The molecule has 1 aliphatic rings. The molecule has 1 aromatic carbocycles. The lowest BCUT2D eigenvalue weighted by atomic mass is 10.0. The molecule has 1 unspecified atom stereocenters. The first-order valence-corrected chi connectivity index (χ1v) is 7.13. The molecule has 1 amide bonds. The van der Waals surface area contributed by atoms with Crippen LogP contribution in [0.25, 0.3) is 0 Å². The molecule has 2 rings (SSSR count). The van der Waals surface area contributed by atoms with Gasteiger partial charge < -0.3 is 0 Å². The maximum atomic E-state index is 12.0. The summed E-state index contributed by atoms with van der Waals surface area (Å²) < 4.78 is 0. The zero-order valence-corrected chi connectivity index (χ0v) is 12.4. The number of amides is 1. The van der Waals surface area contributed by atoms with Gasteiger partial charge in [-0.25, -0.2) is 5.01 Å². The molecule has 0 spiro atoms. The Morgan fingerprint density at radius 1 is 1.35 bits per heavy atom. The number of halogens is 1. The van der Waals surface area contributed by atoms with Gasteiger partial charge in [-0.05, 0) is 24.6 Å². The van der Waals surface area contributed by atoms with Gasteiger partial charge in [-0.2, -0.15) is 5.10 Å². The zero-order chi connectivity index (χ0) is 14.5. The van der Waals surface area contributed by atoms with Crippen LogP contribution in [0, 0.1) is 11.8 Å². The molecule has 104 valence electrons. The molecular formula is C16H17ClN2O. The van der Waals surface area contributed by atoms with E-state index in [-0.39, 0.29) is 11.9 Å². The Balaban J connectivity index is 2.26. The maximum Gasteiger partial charge on any atom is 0.244 e. The van der Waals surface area contributed by atoms with Gasteiger partial charge in [-0.3, -0.25) is 4.79 Å². The van der Waals surface area contributed by atoms with E-state index in [1.54, 1.807) is 0 Å². The van der Waals surface area contributed by atoms with Crippen LogP contribution in [0.2, 0.25) is 5.02 Å². The van der Waals surface area contributed by atoms with Crippen molar-refractivity contribution in [2.24, 2.45) is 5.10 Å². The number of benzene rings is 1. The second kappa shape index (κ2) is 6.58.